The number of aliphatic hydroxyl groups is 1. The summed E-state index contributed by atoms with van der Waals surface area (Å²) in [5.41, 5.74) is 2.97. The molecule has 5 atom stereocenters. The summed E-state index contributed by atoms with van der Waals surface area (Å²) >= 11 is 1.46. The number of hydrogen-bond donors (Lipinski definition) is 1. The largest absolute Gasteiger partial charge is 0.453 e. The van der Waals surface area contributed by atoms with E-state index < -0.39 is 18.5 Å². The number of aliphatic hydroxyl groups excluding tert-OH is 1. The number of likely N-dealkylation sites (tertiary alicyclic amines) is 2. The predicted molar refractivity (Wildman–Crippen MR) is 204 cm³/mol. The van der Waals surface area contributed by atoms with Gasteiger partial charge < -0.3 is 19.6 Å². The van der Waals surface area contributed by atoms with Crippen molar-refractivity contribution in [3.63, 3.8) is 0 Å². The quantitative estimate of drug-likeness (QED) is 0.200. The van der Waals surface area contributed by atoms with Crippen molar-refractivity contribution >= 4 is 17.9 Å². The van der Waals surface area contributed by atoms with Gasteiger partial charge >= 0.3 is 18.2 Å². The molecule has 3 aliphatic carbocycles. The second kappa shape index (κ2) is 16.9. The van der Waals surface area contributed by atoms with E-state index in [2.05, 4.69) is 37.8 Å². The van der Waals surface area contributed by atoms with E-state index in [4.69, 9.17) is 4.74 Å². The third-order valence-electron chi connectivity index (χ3n) is 14.5. The lowest BCUT2D eigenvalue weighted by atomic mass is 9.55. The van der Waals surface area contributed by atoms with Gasteiger partial charge in [0.15, 0.2) is 0 Å². The van der Waals surface area contributed by atoms with Crippen molar-refractivity contribution in [2.45, 2.75) is 166 Å². The Balaban J connectivity index is 0.000000245. The van der Waals surface area contributed by atoms with Crippen molar-refractivity contribution in [2.24, 2.45) is 22.7 Å². The maximum atomic E-state index is 12.9. The highest BCUT2D eigenvalue weighted by Crippen LogP contribution is 2.61. The standard InChI is InChI=1S/C29H42N2O3.C13H23F5S/c1-29-14-11-24-23-8-6-22(19-20(23)5-7-25(24)26(29)9-10-27(29)32)34-28(33)31-17-12-21(13-18-31)30-15-3-2-4-16-30;1-6-10(2,3)11(4,5)19-9-7-8-12(14,15)13(16,17)18/h6,8,19,21,24-27,32H,2-5,7,9-18H2,1H3;6-9H2,1-5H3. The number of carbonyl (C=O) groups is 1. The number of fused-ring (bicyclic) bond motifs is 5. The van der Waals surface area contributed by atoms with Crippen LogP contribution in [0.4, 0.5) is 26.7 Å². The number of amides is 1. The van der Waals surface area contributed by atoms with Gasteiger partial charge in [0.05, 0.1) is 6.10 Å². The van der Waals surface area contributed by atoms with Gasteiger partial charge in [0.2, 0.25) is 0 Å². The van der Waals surface area contributed by atoms with Gasteiger partial charge in [-0.15, -0.1) is 0 Å². The number of benzene rings is 1. The average Bonchev–Trinajstić information content (AvgIpc) is 3.43. The Morgan fingerprint density at radius 2 is 1.62 bits per heavy atom. The Bertz CT molecular complexity index is 1370. The highest BCUT2D eigenvalue weighted by Gasteiger charge is 2.57. The van der Waals surface area contributed by atoms with Gasteiger partial charge in [-0.25, -0.2) is 4.79 Å². The molecular weight excluding hydrogens is 708 g/mol. The van der Waals surface area contributed by atoms with Gasteiger partial charge in [-0.2, -0.15) is 33.7 Å². The highest BCUT2D eigenvalue weighted by atomic mass is 32.2. The fourth-order valence-electron chi connectivity index (χ4n) is 9.84. The zero-order valence-electron chi connectivity index (χ0n) is 33.0. The highest BCUT2D eigenvalue weighted by molar-refractivity contribution is 8.00. The van der Waals surface area contributed by atoms with Crippen molar-refractivity contribution in [3.05, 3.63) is 29.3 Å². The number of alkyl halides is 5. The zero-order valence-corrected chi connectivity index (χ0v) is 33.8. The van der Waals surface area contributed by atoms with Crippen LogP contribution in [-0.2, 0) is 6.42 Å². The van der Waals surface area contributed by atoms with Crippen LogP contribution in [0.3, 0.4) is 0 Å². The molecule has 0 radical (unpaired) electrons. The van der Waals surface area contributed by atoms with E-state index in [-0.39, 0.29) is 34.2 Å². The molecule has 2 saturated heterocycles. The Kier molecular flexibility index (Phi) is 13.5. The van der Waals surface area contributed by atoms with E-state index in [0.717, 1.165) is 51.6 Å². The Morgan fingerprint density at radius 1 is 0.943 bits per heavy atom. The maximum Gasteiger partial charge on any atom is 0.453 e. The van der Waals surface area contributed by atoms with Crippen LogP contribution in [-0.4, -0.2) is 81.9 Å². The lowest BCUT2D eigenvalue weighted by molar-refractivity contribution is -0.284. The molecule has 6 rings (SSSR count). The number of ether oxygens (including phenoxy) is 1. The van der Waals surface area contributed by atoms with Crippen LogP contribution in [0.15, 0.2) is 18.2 Å². The summed E-state index contributed by atoms with van der Waals surface area (Å²) in [5.74, 6) is -1.61. The molecular formula is C42H65F5N2O3S. The first kappa shape index (κ1) is 42.6. The minimum absolute atomic E-state index is 0.00418. The number of hydrogen-bond acceptors (Lipinski definition) is 5. The van der Waals surface area contributed by atoms with Gasteiger partial charge in [-0.1, -0.05) is 54.0 Å². The number of nitrogens with zero attached hydrogens (tertiary/aromatic N) is 2. The van der Waals surface area contributed by atoms with Crippen molar-refractivity contribution < 1.29 is 36.6 Å². The van der Waals surface area contributed by atoms with Gasteiger partial charge in [0.25, 0.3) is 0 Å². The first-order valence-corrected chi connectivity index (χ1v) is 21.4. The molecule has 11 heteroatoms. The summed E-state index contributed by atoms with van der Waals surface area (Å²) in [6, 6.07) is 7.04. The zero-order chi connectivity index (χ0) is 38.8. The van der Waals surface area contributed by atoms with Crippen LogP contribution >= 0.6 is 11.8 Å². The summed E-state index contributed by atoms with van der Waals surface area (Å²) in [6.45, 7) is 16.6. The number of piperidine rings is 2. The van der Waals surface area contributed by atoms with Crippen LogP contribution in [0.25, 0.3) is 0 Å². The topological polar surface area (TPSA) is 53.0 Å². The molecule has 302 valence electrons. The number of rotatable bonds is 9. The molecule has 0 aromatic heterocycles. The SMILES string of the molecule is CC12CCC3c4ccc(OC(=O)N5CCC(N6CCCCC6)CC5)cc4CCC3C1CCC2O.CCC(C)(C)C(C)(C)SCCCC(F)(F)C(F)(F)F. The predicted octanol–water partition coefficient (Wildman–Crippen LogP) is 11.3. The molecule has 5 nitrogen and oxygen atoms in total. The van der Waals surface area contributed by atoms with E-state index in [1.807, 2.05) is 31.7 Å². The average molecular weight is 773 g/mol. The van der Waals surface area contributed by atoms with Gasteiger partial charge in [-0.3, -0.25) is 0 Å². The van der Waals surface area contributed by atoms with Crippen LogP contribution < -0.4 is 4.74 Å². The molecule has 1 amide bonds. The third-order valence-corrected chi connectivity index (χ3v) is 16.3. The number of aryl methyl sites for hydroxylation is 1. The van der Waals surface area contributed by atoms with Gasteiger partial charge in [0.1, 0.15) is 5.75 Å². The first-order chi connectivity index (χ1) is 24.8. The smallest absolute Gasteiger partial charge is 0.410 e. The summed E-state index contributed by atoms with van der Waals surface area (Å²) in [5, 5.41) is 10.6. The molecule has 53 heavy (non-hydrogen) atoms. The van der Waals surface area contributed by atoms with Crippen LogP contribution in [0.5, 0.6) is 5.75 Å². The molecule has 0 spiro atoms. The lowest BCUT2D eigenvalue weighted by Gasteiger charge is -2.50. The fraction of sp³-hybridized carbons (Fsp3) is 0.833. The van der Waals surface area contributed by atoms with Crippen molar-refractivity contribution in [1.82, 2.24) is 9.80 Å². The first-order valence-electron chi connectivity index (χ1n) is 20.4. The molecule has 2 heterocycles. The van der Waals surface area contributed by atoms with Gasteiger partial charge in [-0.05, 0) is 148 Å². The molecule has 1 aromatic carbocycles. The van der Waals surface area contributed by atoms with Gasteiger partial charge in [0, 0.05) is 30.3 Å². The van der Waals surface area contributed by atoms with E-state index in [0.29, 0.717) is 35.3 Å². The van der Waals surface area contributed by atoms with Crippen molar-refractivity contribution in [3.8, 4) is 5.75 Å². The number of halogens is 5. The molecule has 4 fully saturated rings. The van der Waals surface area contributed by atoms with Crippen LogP contribution in [0.2, 0.25) is 0 Å². The summed E-state index contributed by atoms with van der Waals surface area (Å²) in [6.07, 6.45) is 6.78. The Morgan fingerprint density at radius 3 is 2.26 bits per heavy atom. The van der Waals surface area contributed by atoms with E-state index in [9.17, 15) is 31.9 Å². The van der Waals surface area contributed by atoms with Crippen molar-refractivity contribution in [2.75, 3.05) is 31.9 Å². The van der Waals surface area contributed by atoms with E-state index in [1.54, 1.807) is 0 Å². The summed E-state index contributed by atoms with van der Waals surface area (Å²) < 4.78 is 67.1. The number of thioether (sulfide) groups is 1. The lowest BCUT2D eigenvalue weighted by Crippen LogP contribution is -2.48. The third kappa shape index (κ3) is 9.52. The van der Waals surface area contributed by atoms with E-state index in [1.165, 1.54) is 74.5 Å². The minimum Gasteiger partial charge on any atom is -0.410 e. The number of carbonyl (C=O) groups excluding carboxylic acids is 1. The molecule has 5 unspecified atom stereocenters. The summed E-state index contributed by atoms with van der Waals surface area (Å²) in [7, 11) is 0. The molecule has 2 aliphatic heterocycles. The molecule has 2 saturated carbocycles. The maximum absolute atomic E-state index is 12.9. The molecule has 1 N–H and O–H groups in total. The van der Waals surface area contributed by atoms with Crippen LogP contribution in [0, 0.1) is 22.7 Å². The van der Waals surface area contributed by atoms with Crippen molar-refractivity contribution in [1.29, 1.82) is 0 Å². The fourth-order valence-corrected chi connectivity index (χ4v) is 11.2. The molecule has 1 aromatic rings. The minimum atomic E-state index is -5.43. The Hall–Kier alpha value is -1.59. The second-order valence-electron chi connectivity index (χ2n) is 18.0. The van der Waals surface area contributed by atoms with Crippen LogP contribution in [0.1, 0.15) is 142 Å². The summed E-state index contributed by atoms with van der Waals surface area (Å²) in [4.78, 5) is 17.5. The monoisotopic (exact) mass is 772 g/mol. The second-order valence-corrected chi connectivity index (χ2v) is 19.7. The molecule has 5 aliphatic rings. The Labute approximate surface area is 319 Å². The molecule has 0 bridgehead atoms. The van der Waals surface area contributed by atoms with E-state index >= 15 is 0 Å². The normalized spacial score (nSPS) is 28.7.